The Morgan fingerprint density at radius 2 is 1.79 bits per heavy atom. The number of amides is 1. The van der Waals surface area contributed by atoms with Crippen LogP contribution >= 0.6 is 0 Å². The number of para-hydroxylation sites is 1. The molecule has 0 unspecified atom stereocenters. The number of rotatable bonds is 5. The molecule has 0 aliphatic rings. The van der Waals surface area contributed by atoms with Crippen molar-refractivity contribution >= 4 is 28.9 Å². The van der Waals surface area contributed by atoms with Crippen molar-refractivity contribution in [3.63, 3.8) is 0 Å². The Morgan fingerprint density at radius 3 is 2.55 bits per heavy atom. The summed E-state index contributed by atoms with van der Waals surface area (Å²) in [5.74, 6) is 0.441. The second kappa shape index (κ2) is 7.59. The summed E-state index contributed by atoms with van der Waals surface area (Å²) in [4.78, 5) is 29.2. The average Bonchev–Trinajstić information content (AvgIpc) is 3.00. The van der Waals surface area contributed by atoms with Crippen molar-refractivity contribution in [1.82, 2.24) is 19.2 Å². The molecule has 4 aromatic rings. The highest BCUT2D eigenvalue weighted by atomic mass is 16.2. The van der Waals surface area contributed by atoms with Crippen molar-refractivity contribution in [2.24, 2.45) is 0 Å². The van der Waals surface area contributed by atoms with Crippen LogP contribution in [-0.2, 0) is 11.3 Å². The van der Waals surface area contributed by atoms with Crippen LogP contribution in [0.25, 0.3) is 5.78 Å². The van der Waals surface area contributed by atoms with Crippen molar-refractivity contribution in [3.05, 3.63) is 82.4 Å². The normalized spacial score (nSPS) is 10.8. The average molecular weight is 388 g/mol. The van der Waals surface area contributed by atoms with E-state index in [0.29, 0.717) is 11.5 Å². The number of aryl methyl sites for hydroxylation is 2. The van der Waals surface area contributed by atoms with Crippen LogP contribution in [0.3, 0.4) is 0 Å². The molecule has 2 heterocycles. The first-order valence-corrected chi connectivity index (χ1v) is 9.15. The molecule has 0 saturated heterocycles. The summed E-state index contributed by atoms with van der Waals surface area (Å²) in [5, 5.41) is 10.1. The second-order valence-corrected chi connectivity index (χ2v) is 6.76. The van der Waals surface area contributed by atoms with Crippen LogP contribution in [0.2, 0.25) is 0 Å². The molecule has 29 heavy (non-hydrogen) atoms. The number of hydrogen-bond donors (Lipinski definition) is 2. The smallest absolute Gasteiger partial charge is 0.340 e. The number of aromatic nitrogens is 4. The minimum absolute atomic E-state index is 0.198. The number of hydrogen-bond acceptors (Lipinski definition) is 5. The molecule has 0 saturated carbocycles. The Morgan fingerprint density at radius 1 is 1.00 bits per heavy atom. The second-order valence-electron chi connectivity index (χ2n) is 6.76. The van der Waals surface area contributed by atoms with E-state index < -0.39 is 5.69 Å². The Labute approximate surface area is 166 Å². The summed E-state index contributed by atoms with van der Waals surface area (Å²) in [6.45, 7) is 3.78. The van der Waals surface area contributed by atoms with Crippen molar-refractivity contribution in [2.45, 2.75) is 20.4 Å². The van der Waals surface area contributed by atoms with Crippen molar-refractivity contribution in [1.29, 1.82) is 0 Å². The summed E-state index contributed by atoms with van der Waals surface area (Å²) < 4.78 is 2.41. The first-order valence-electron chi connectivity index (χ1n) is 9.15. The molecular formula is C21H20N6O2. The summed E-state index contributed by atoms with van der Waals surface area (Å²) in [7, 11) is 0. The van der Waals surface area contributed by atoms with Gasteiger partial charge in [0.25, 0.3) is 5.78 Å². The highest BCUT2D eigenvalue weighted by Gasteiger charge is 2.13. The quantitative estimate of drug-likeness (QED) is 0.548. The summed E-state index contributed by atoms with van der Waals surface area (Å²) >= 11 is 0. The van der Waals surface area contributed by atoms with Gasteiger partial charge in [-0.15, -0.1) is 5.10 Å². The molecule has 0 atom stereocenters. The number of carbonyl (C=O) groups is 1. The number of anilines is 3. The maximum Gasteiger partial charge on any atom is 0.352 e. The molecule has 8 heteroatoms. The zero-order valence-corrected chi connectivity index (χ0v) is 16.1. The number of nitrogens with zero attached hydrogens (tertiary/aromatic N) is 4. The predicted octanol–water partition coefficient (Wildman–Crippen LogP) is 2.89. The van der Waals surface area contributed by atoms with Crippen LogP contribution in [0.15, 0.2) is 65.6 Å². The number of nitrogens with one attached hydrogen (secondary N) is 2. The Balaban J connectivity index is 1.52. The maximum absolute atomic E-state index is 12.5. The minimum Gasteiger partial charge on any atom is -0.340 e. The number of carbonyl (C=O) groups excluding carboxylic acids is 1. The van der Waals surface area contributed by atoms with E-state index in [1.165, 1.54) is 4.40 Å². The van der Waals surface area contributed by atoms with Gasteiger partial charge < -0.3 is 10.6 Å². The Kier molecular flexibility index (Phi) is 4.82. The summed E-state index contributed by atoms with van der Waals surface area (Å²) in [5.41, 5.74) is 3.36. The molecule has 2 N–H and O–H groups in total. The molecule has 1 amide bonds. The third-order valence-electron chi connectivity index (χ3n) is 4.58. The fraction of sp³-hybridized carbons (Fsp3) is 0.143. The molecule has 0 aliphatic heterocycles. The molecule has 8 nitrogen and oxygen atoms in total. The minimum atomic E-state index is -0.422. The van der Waals surface area contributed by atoms with Crippen molar-refractivity contribution in [2.75, 3.05) is 10.6 Å². The van der Waals surface area contributed by atoms with Gasteiger partial charge in [-0.2, -0.15) is 4.98 Å². The van der Waals surface area contributed by atoms with Crippen molar-refractivity contribution < 1.29 is 4.79 Å². The first-order chi connectivity index (χ1) is 14.0. The summed E-state index contributed by atoms with van der Waals surface area (Å²) in [6, 6.07) is 16.9. The molecule has 146 valence electrons. The fourth-order valence-electron chi connectivity index (χ4n) is 2.90. The molecule has 2 aromatic carbocycles. The Hall–Kier alpha value is -3.94. The number of benzene rings is 2. The van der Waals surface area contributed by atoms with Crippen LogP contribution in [0.4, 0.5) is 17.2 Å². The zero-order valence-electron chi connectivity index (χ0n) is 16.1. The van der Waals surface area contributed by atoms with Gasteiger partial charge in [0, 0.05) is 17.6 Å². The zero-order chi connectivity index (χ0) is 20.4. The Bertz CT molecular complexity index is 1240. The fourth-order valence-corrected chi connectivity index (χ4v) is 2.90. The highest BCUT2D eigenvalue weighted by Crippen LogP contribution is 2.15. The molecule has 4 rings (SSSR count). The van der Waals surface area contributed by atoms with E-state index in [4.69, 9.17) is 0 Å². The van der Waals surface area contributed by atoms with Gasteiger partial charge in [0.15, 0.2) is 0 Å². The lowest BCUT2D eigenvalue weighted by atomic mass is 10.1. The molecular weight excluding hydrogens is 368 g/mol. The molecule has 0 fully saturated rings. The lowest BCUT2D eigenvalue weighted by Crippen LogP contribution is -2.28. The van der Waals surface area contributed by atoms with Crippen LogP contribution in [0, 0.1) is 13.8 Å². The van der Waals surface area contributed by atoms with E-state index in [1.54, 1.807) is 12.3 Å². The van der Waals surface area contributed by atoms with E-state index in [2.05, 4.69) is 20.7 Å². The topological polar surface area (TPSA) is 93.3 Å². The largest absolute Gasteiger partial charge is 0.352 e. The molecule has 2 aromatic heterocycles. The van der Waals surface area contributed by atoms with Crippen LogP contribution in [0.1, 0.15) is 11.1 Å². The lowest BCUT2D eigenvalue weighted by Gasteiger charge is -2.07. The summed E-state index contributed by atoms with van der Waals surface area (Å²) in [6.07, 6.45) is 1.58. The van der Waals surface area contributed by atoms with E-state index in [-0.39, 0.29) is 18.2 Å². The highest BCUT2D eigenvalue weighted by molar-refractivity contribution is 5.90. The van der Waals surface area contributed by atoms with Gasteiger partial charge >= 0.3 is 5.69 Å². The van der Waals surface area contributed by atoms with E-state index in [0.717, 1.165) is 21.5 Å². The van der Waals surface area contributed by atoms with E-state index in [1.807, 2.05) is 62.4 Å². The van der Waals surface area contributed by atoms with Gasteiger partial charge in [-0.25, -0.2) is 13.9 Å². The van der Waals surface area contributed by atoms with E-state index in [9.17, 15) is 9.59 Å². The van der Waals surface area contributed by atoms with Gasteiger partial charge in [0.2, 0.25) is 5.91 Å². The van der Waals surface area contributed by atoms with Crippen LogP contribution in [0.5, 0.6) is 0 Å². The predicted molar refractivity (Wildman–Crippen MR) is 112 cm³/mol. The van der Waals surface area contributed by atoms with Crippen LogP contribution < -0.4 is 16.3 Å². The third-order valence-corrected chi connectivity index (χ3v) is 4.58. The molecule has 0 aliphatic carbocycles. The molecule has 0 spiro atoms. The first kappa shape index (κ1) is 18.4. The maximum atomic E-state index is 12.5. The number of fused-ring (bicyclic) bond motifs is 1. The third kappa shape index (κ3) is 4.01. The van der Waals surface area contributed by atoms with Crippen molar-refractivity contribution in [3.8, 4) is 0 Å². The lowest BCUT2D eigenvalue weighted by molar-refractivity contribution is -0.117. The van der Waals surface area contributed by atoms with Gasteiger partial charge in [-0.05, 0) is 55.3 Å². The van der Waals surface area contributed by atoms with Gasteiger partial charge in [0.05, 0.1) is 0 Å². The SMILES string of the molecule is Cc1ccc(NC(=O)Cn2nc3nc(Nc4ccccc4)ccn3c2=O)cc1C. The van der Waals surface area contributed by atoms with E-state index >= 15 is 0 Å². The molecule has 0 radical (unpaired) electrons. The van der Waals surface area contributed by atoms with Gasteiger partial charge in [-0.3, -0.25) is 4.79 Å². The van der Waals surface area contributed by atoms with Gasteiger partial charge in [-0.1, -0.05) is 24.3 Å². The standard InChI is InChI=1S/C21H20N6O2/c1-14-8-9-17(12-15(14)2)23-19(28)13-27-21(29)26-11-10-18(24-20(26)25-27)22-16-6-4-3-5-7-16/h3-12H,13H2,1-2H3,(H,23,28)(H,22,24,25). The molecule has 0 bridgehead atoms. The van der Waals surface area contributed by atoms with Gasteiger partial charge in [0.1, 0.15) is 12.4 Å². The monoisotopic (exact) mass is 388 g/mol. The van der Waals surface area contributed by atoms with Crippen LogP contribution in [-0.4, -0.2) is 25.1 Å².